The fourth-order valence-corrected chi connectivity index (χ4v) is 2.24. The molecule has 3 heteroatoms. The zero-order valence-corrected chi connectivity index (χ0v) is 10.0. The van der Waals surface area contributed by atoms with Gasteiger partial charge in [0.25, 0.3) is 0 Å². The molecule has 0 bridgehead atoms. The second-order valence-electron chi connectivity index (χ2n) is 5.00. The van der Waals surface area contributed by atoms with Gasteiger partial charge in [-0.1, -0.05) is 23.8 Å². The summed E-state index contributed by atoms with van der Waals surface area (Å²) in [6, 6.07) is 8.44. The van der Waals surface area contributed by atoms with Crippen LogP contribution >= 0.6 is 0 Å². The number of nitrogens with two attached hydrogens (primary N) is 1. The molecule has 0 aliphatic heterocycles. The highest BCUT2D eigenvalue weighted by Gasteiger charge is 2.45. The van der Waals surface area contributed by atoms with Crippen molar-refractivity contribution in [2.45, 2.75) is 25.2 Å². The Kier molecular flexibility index (Phi) is 2.30. The van der Waals surface area contributed by atoms with Crippen molar-refractivity contribution in [3.63, 3.8) is 0 Å². The van der Waals surface area contributed by atoms with Gasteiger partial charge in [0, 0.05) is 12.0 Å². The number of rotatable bonds is 3. The van der Waals surface area contributed by atoms with Gasteiger partial charge in [-0.15, -0.1) is 0 Å². The number of aryl methyl sites for hydroxylation is 1. The van der Waals surface area contributed by atoms with E-state index in [1.165, 1.54) is 11.1 Å². The molecular formula is C14H17N3. The summed E-state index contributed by atoms with van der Waals surface area (Å²) in [5, 5.41) is 0. The van der Waals surface area contributed by atoms with E-state index in [1.807, 2.05) is 6.20 Å². The first-order valence-corrected chi connectivity index (χ1v) is 6.06. The Bertz CT molecular complexity index is 538. The maximum absolute atomic E-state index is 5.81. The molecule has 17 heavy (non-hydrogen) atoms. The number of aromatic nitrogens is 2. The van der Waals surface area contributed by atoms with Crippen LogP contribution in [0.5, 0.6) is 0 Å². The summed E-state index contributed by atoms with van der Waals surface area (Å²) in [5.74, 6) is 1.05. The third kappa shape index (κ3) is 1.76. The largest absolute Gasteiger partial charge is 0.342 e. The standard InChI is InChI=1S/C14H17N3/c1-10-3-2-4-11(7-10)12-8-16-13(17-12)14(9-15)5-6-14/h2-4,7-8H,5-6,9,15H2,1H3,(H,16,17). The van der Waals surface area contributed by atoms with Crippen LogP contribution in [0, 0.1) is 6.92 Å². The molecule has 1 aliphatic rings. The number of imidazole rings is 1. The predicted octanol–water partition coefficient (Wildman–Crippen LogP) is 2.38. The molecule has 1 aliphatic carbocycles. The van der Waals surface area contributed by atoms with Gasteiger partial charge in [-0.3, -0.25) is 0 Å². The normalized spacial score (nSPS) is 17.1. The summed E-state index contributed by atoms with van der Waals surface area (Å²) >= 11 is 0. The van der Waals surface area contributed by atoms with Crippen LogP contribution in [0.1, 0.15) is 24.2 Å². The molecule has 3 nitrogen and oxygen atoms in total. The second kappa shape index (κ2) is 3.70. The van der Waals surface area contributed by atoms with Crippen LogP contribution in [0.3, 0.4) is 0 Å². The van der Waals surface area contributed by atoms with Gasteiger partial charge in [0.05, 0.1) is 11.9 Å². The highest BCUT2D eigenvalue weighted by atomic mass is 15.0. The average molecular weight is 227 g/mol. The third-order valence-corrected chi connectivity index (χ3v) is 3.65. The van der Waals surface area contributed by atoms with Crippen molar-refractivity contribution in [2.24, 2.45) is 5.73 Å². The van der Waals surface area contributed by atoms with Crippen LogP contribution in [0.4, 0.5) is 0 Å². The van der Waals surface area contributed by atoms with Crippen molar-refractivity contribution in [1.29, 1.82) is 0 Å². The van der Waals surface area contributed by atoms with Crippen molar-refractivity contribution in [3.05, 3.63) is 41.9 Å². The number of hydrogen-bond donors (Lipinski definition) is 2. The van der Waals surface area contributed by atoms with Crippen LogP contribution in [0.2, 0.25) is 0 Å². The first-order chi connectivity index (χ1) is 8.23. The lowest BCUT2D eigenvalue weighted by Crippen LogP contribution is -2.21. The van der Waals surface area contributed by atoms with E-state index < -0.39 is 0 Å². The van der Waals surface area contributed by atoms with Crippen molar-refractivity contribution in [2.75, 3.05) is 6.54 Å². The monoisotopic (exact) mass is 227 g/mol. The Balaban J connectivity index is 1.95. The Morgan fingerprint density at radius 3 is 2.88 bits per heavy atom. The van der Waals surface area contributed by atoms with Gasteiger partial charge in [0.2, 0.25) is 0 Å². The van der Waals surface area contributed by atoms with Crippen LogP contribution in [-0.2, 0) is 5.41 Å². The van der Waals surface area contributed by atoms with Crippen molar-refractivity contribution < 1.29 is 0 Å². The highest BCUT2D eigenvalue weighted by molar-refractivity contribution is 5.59. The lowest BCUT2D eigenvalue weighted by Gasteiger charge is -2.07. The Morgan fingerprint density at radius 2 is 2.24 bits per heavy atom. The Morgan fingerprint density at radius 1 is 1.41 bits per heavy atom. The van der Waals surface area contributed by atoms with Gasteiger partial charge >= 0.3 is 0 Å². The molecular weight excluding hydrogens is 210 g/mol. The van der Waals surface area contributed by atoms with Crippen molar-refractivity contribution in [1.82, 2.24) is 9.97 Å². The average Bonchev–Trinajstić information content (AvgIpc) is 2.99. The molecule has 0 radical (unpaired) electrons. The number of nitrogens with one attached hydrogen (secondary N) is 1. The van der Waals surface area contributed by atoms with Crippen LogP contribution < -0.4 is 5.73 Å². The SMILES string of the molecule is Cc1cccc(-c2cnc(C3(CN)CC3)[nH]2)c1. The van der Waals surface area contributed by atoms with Gasteiger partial charge in [-0.25, -0.2) is 4.98 Å². The number of benzene rings is 1. The molecule has 1 aromatic heterocycles. The minimum absolute atomic E-state index is 0.141. The summed E-state index contributed by atoms with van der Waals surface area (Å²) in [6.07, 6.45) is 4.23. The van der Waals surface area contributed by atoms with E-state index in [0.29, 0.717) is 6.54 Å². The Hall–Kier alpha value is -1.61. The van der Waals surface area contributed by atoms with Crippen molar-refractivity contribution in [3.8, 4) is 11.3 Å². The predicted molar refractivity (Wildman–Crippen MR) is 68.7 cm³/mol. The van der Waals surface area contributed by atoms with E-state index in [-0.39, 0.29) is 5.41 Å². The van der Waals surface area contributed by atoms with Crippen LogP contribution in [0.25, 0.3) is 11.3 Å². The molecule has 1 aromatic carbocycles. The first kappa shape index (κ1) is 10.5. The molecule has 0 atom stereocenters. The summed E-state index contributed by atoms with van der Waals surface area (Å²) in [7, 11) is 0. The minimum atomic E-state index is 0.141. The van der Waals surface area contributed by atoms with Gasteiger partial charge in [-0.05, 0) is 31.4 Å². The van der Waals surface area contributed by atoms with E-state index >= 15 is 0 Å². The van der Waals surface area contributed by atoms with Gasteiger partial charge in [0.15, 0.2) is 0 Å². The summed E-state index contributed by atoms with van der Waals surface area (Å²) in [5.41, 5.74) is 9.49. The van der Waals surface area contributed by atoms with Gasteiger partial charge in [0.1, 0.15) is 5.82 Å². The number of aromatic amines is 1. The highest BCUT2D eigenvalue weighted by Crippen LogP contribution is 2.46. The zero-order chi connectivity index (χ0) is 11.9. The lowest BCUT2D eigenvalue weighted by atomic mass is 10.1. The van der Waals surface area contributed by atoms with Gasteiger partial charge in [-0.2, -0.15) is 0 Å². The molecule has 0 unspecified atom stereocenters. The maximum atomic E-state index is 5.81. The minimum Gasteiger partial charge on any atom is -0.342 e. The molecule has 1 fully saturated rings. The third-order valence-electron chi connectivity index (χ3n) is 3.65. The topological polar surface area (TPSA) is 54.7 Å². The Labute approximate surface area is 101 Å². The molecule has 3 N–H and O–H groups in total. The first-order valence-electron chi connectivity index (χ1n) is 6.06. The van der Waals surface area contributed by atoms with Crippen molar-refractivity contribution >= 4 is 0 Å². The van der Waals surface area contributed by atoms with E-state index in [1.54, 1.807) is 0 Å². The molecule has 2 aromatic rings. The fourth-order valence-electron chi connectivity index (χ4n) is 2.24. The van der Waals surface area contributed by atoms with E-state index in [9.17, 15) is 0 Å². The molecule has 0 amide bonds. The smallest absolute Gasteiger partial charge is 0.114 e. The summed E-state index contributed by atoms with van der Waals surface area (Å²) < 4.78 is 0. The molecule has 88 valence electrons. The fraction of sp³-hybridized carbons (Fsp3) is 0.357. The molecule has 1 saturated carbocycles. The quantitative estimate of drug-likeness (QED) is 0.845. The lowest BCUT2D eigenvalue weighted by molar-refractivity contribution is 0.659. The molecule has 1 heterocycles. The number of hydrogen-bond acceptors (Lipinski definition) is 2. The van der Waals surface area contributed by atoms with E-state index in [4.69, 9.17) is 5.73 Å². The van der Waals surface area contributed by atoms with Crippen LogP contribution in [0.15, 0.2) is 30.5 Å². The molecule has 3 rings (SSSR count). The molecule has 0 spiro atoms. The summed E-state index contributed by atoms with van der Waals surface area (Å²) in [4.78, 5) is 7.91. The number of nitrogens with zero attached hydrogens (tertiary/aromatic N) is 1. The maximum Gasteiger partial charge on any atom is 0.114 e. The summed E-state index contributed by atoms with van der Waals surface area (Å²) in [6.45, 7) is 2.79. The second-order valence-corrected chi connectivity index (χ2v) is 5.00. The zero-order valence-electron chi connectivity index (χ0n) is 10.0. The molecule has 0 saturated heterocycles. The van der Waals surface area contributed by atoms with Crippen LogP contribution in [-0.4, -0.2) is 16.5 Å². The van der Waals surface area contributed by atoms with E-state index in [2.05, 4.69) is 41.2 Å². The number of H-pyrrole nitrogens is 1. The van der Waals surface area contributed by atoms with E-state index in [0.717, 1.165) is 24.4 Å². The van der Waals surface area contributed by atoms with Gasteiger partial charge < -0.3 is 10.7 Å².